The van der Waals surface area contributed by atoms with Crippen LogP contribution in [0.1, 0.15) is 62.8 Å². The lowest BCUT2D eigenvalue weighted by molar-refractivity contribution is 0.325. The van der Waals surface area contributed by atoms with Crippen LogP contribution < -0.4 is 5.32 Å². The summed E-state index contributed by atoms with van der Waals surface area (Å²) in [6, 6.07) is 11.8. The first-order chi connectivity index (χ1) is 10.4. The lowest BCUT2D eigenvalue weighted by Gasteiger charge is -2.33. The van der Waals surface area contributed by atoms with Crippen LogP contribution in [0, 0.1) is 0 Å². The van der Waals surface area contributed by atoms with E-state index in [1.807, 2.05) is 11.8 Å². The Morgan fingerprint density at radius 1 is 1.00 bits per heavy atom. The fourth-order valence-corrected chi connectivity index (χ4v) is 3.98. The van der Waals surface area contributed by atoms with Gasteiger partial charge in [-0.2, -0.15) is 11.8 Å². The van der Waals surface area contributed by atoms with Gasteiger partial charge in [-0.15, -0.1) is 0 Å². The SMILES string of the molecule is CSCCCCCCNC1CCCCC1c1ccccc1. The second-order valence-electron chi connectivity index (χ2n) is 6.27. The molecule has 2 rings (SSSR count). The lowest BCUT2D eigenvalue weighted by Crippen LogP contribution is -2.37. The Morgan fingerprint density at radius 2 is 1.76 bits per heavy atom. The average Bonchev–Trinajstić information content (AvgIpc) is 2.55. The van der Waals surface area contributed by atoms with Gasteiger partial charge in [0.05, 0.1) is 0 Å². The van der Waals surface area contributed by atoms with Gasteiger partial charge in [0.25, 0.3) is 0 Å². The molecule has 118 valence electrons. The molecular formula is C19H31NS. The second-order valence-corrected chi connectivity index (χ2v) is 7.25. The molecule has 1 aromatic rings. The summed E-state index contributed by atoms with van der Waals surface area (Å²) in [7, 11) is 0. The van der Waals surface area contributed by atoms with E-state index in [9.17, 15) is 0 Å². The van der Waals surface area contributed by atoms with Gasteiger partial charge < -0.3 is 5.32 Å². The molecule has 0 amide bonds. The largest absolute Gasteiger partial charge is 0.313 e. The van der Waals surface area contributed by atoms with Crippen LogP contribution in [-0.4, -0.2) is 24.6 Å². The smallest absolute Gasteiger partial charge is 0.0136 e. The summed E-state index contributed by atoms with van der Waals surface area (Å²) >= 11 is 1.97. The normalized spacial score (nSPS) is 22.3. The molecule has 1 nitrogen and oxygen atoms in total. The van der Waals surface area contributed by atoms with Crippen molar-refractivity contribution >= 4 is 11.8 Å². The van der Waals surface area contributed by atoms with Crippen molar-refractivity contribution in [3.8, 4) is 0 Å². The van der Waals surface area contributed by atoms with Crippen molar-refractivity contribution in [1.29, 1.82) is 0 Å². The van der Waals surface area contributed by atoms with Crippen LogP contribution in [0.25, 0.3) is 0 Å². The van der Waals surface area contributed by atoms with Crippen LogP contribution in [0.3, 0.4) is 0 Å². The molecule has 21 heavy (non-hydrogen) atoms. The molecule has 1 saturated carbocycles. The maximum atomic E-state index is 3.86. The number of rotatable bonds is 9. The molecule has 1 fully saturated rings. The van der Waals surface area contributed by atoms with Crippen molar-refractivity contribution in [2.75, 3.05) is 18.6 Å². The van der Waals surface area contributed by atoms with E-state index in [-0.39, 0.29) is 0 Å². The van der Waals surface area contributed by atoms with Gasteiger partial charge in [0.1, 0.15) is 0 Å². The molecule has 0 heterocycles. The Labute approximate surface area is 135 Å². The molecule has 2 unspecified atom stereocenters. The standard InChI is InChI=1S/C19H31NS/c1-21-16-10-3-2-9-15-20-19-14-8-7-13-18(19)17-11-5-4-6-12-17/h4-6,11-12,18-20H,2-3,7-10,13-16H2,1H3. The minimum Gasteiger partial charge on any atom is -0.313 e. The molecule has 0 spiro atoms. The summed E-state index contributed by atoms with van der Waals surface area (Å²) < 4.78 is 0. The summed E-state index contributed by atoms with van der Waals surface area (Å²) in [6.07, 6.45) is 13.2. The summed E-state index contributed by atoms with van der Waals surface area (Å²) in [5.41, 5.74) is 1.54. The van der Waals surface area contributed by atoms with Gasteiger partial charge in [-0.05, 0) is 55.7 Å². The molecule has 0 aliphatic heterocycles. The fourth-order valence-electron chi connectivity index (χ4n) is 3.49. The van der Waals surface area contributed by atoms with Gasteiger partial charge in [0.15, 0.2) is 0 Å². The van der Waals surface area contributed by atoms with E-state index >= 15 is 0 Å². The Morgan fingerprint density at radius 3 is 2.57 bits per heavy atom. The van der Waals surface area contributed by atoms with Gasteiger partial charge in [-0.25, -0.2) is 0 Å². The van der Waals surface area contributed by atoms with Crippen molar-refractivity contribution in [2.45, 2.75) is 63.3 Å². The first-order valence-electron chi connectivity index (χ1n) is 8.69. The summed E-state index contributed by atoms with van der Waals surface area (Å²) in [4.78, 5) is 0. The number of hydrogen-bond donors (Lipinski definition) is 1. The Hall–Kier alpha value is -0.470. The van der Waals surface area contributed by atoms with Crippen molar-refractivity contribution in [1.82, 2.24) is 5.32 Å². The van der Waals surface area contributed by atoms with Gasteiger partial charge >= 0.3 is 0 Å². The molecule has 1 aromatic carbocycles. The molecule has 1 N–H and O–H groups in total. The van der Waals surface area contributed by atoms with Crippen LogP contribution in [0.4, 0.5) is 0 Å². The highest BCUT2D eigenvalue weighted by Gasteiger charge is 2.25. The molecule has 1 aliphatic carbocycles. The molecule has 2 heteroatoms. The van der Waals surface area contributed by atoms with E-state index in [2.05, 4.69) is 41.9 Å². The average molecular weight is 306 g/mol. The maximum absolute atomic E-state index is 3.86. The van der Waals surface area contributed by atoms with Crippen molar-refractivity contribution in [3.05, 3.63) is 35.9 Å². The number of unbranched alkanes of at least 4 members (excludes halogenated alkanes) is 3. The zero-order chi connectivity index (χ0) is 14.8. The van der Waals surface area contributed by atoms with E-state index in [0.717, 1.165) is 5.92 Å². The Balaban J connectivity index is 1.70. The predicted octanol–water partition coefficient (Wildman–Crippen LogP) is 5.23. The number of benzene rings is 1. The van der Waals surface area contributed by atoms with Crippen LogP contribution in [0.5, 0.6) is 0 Å². The summed E-state index contributed by atoms with van der Waals surface area (Å²) in [6.45, 7) is 1.20. The molecule has 2 atom stereocenters. The highest BCUT2D eigenvalue weighted by atomic mass is 32.2. The van der Waals surface area contributed by atoms with E-state index < -0.39 is 0 Å². The molecule has 0 radical (unpaired) electrons. The van der Waals surface area contributed by atoms with E-state index in [1.54, 1.807) is 0 Å². The highest BCUT2D eigenvalue weighted by molar-refractivity contribution is 7.98. The van der Waals surface area contributed by atoms with E-state index in [1.165, 1.54) is 69.2 Å². The molecule has 0 bridgehead atoms. The van der Waals surface area contributed by atoms with Crippen LogP contribution in [0.15, 0.2) is 30.3 Å². The first-order valence-corrected chi connectivity index (χ1v) is 10.1. The fraction of sp³-hybridized carbons (Fsp3) is 0.684. The van der Waals surface area contributed by atoms with Crippen LogP contribution >= 0.6 is 11.8 Å². The zero-order valence-corrected chi connectivity index (χ0v) is 14.3. The van der Waals surface area contributed by atoms with E-state index in [0.29, 0.717) is 6.04 Å². The van der Waals surface area contributed by atoms with Gasteiger partial charge in [-0.3, -0.25) is 0 Å². The molecule has 0 aromatic heterocycles. The van der Waals surface area contributed by atoms with Gasteiger partial charge in [0, 0.05) is 6.04 Å². The number of hydrogen-bond acceptors (Lipinski definition) is 2. The molecular weight excluding hydrogens is 274 g/mol. The highest BCUT2D eigenvalue weighted by Crippen LogP contribution is 2.32. The third-order valence-electron chi connectivity index (χ3n) is 4.68. The quantitative estimate of drug-likeness (QED) is 0.627. The summed E-state index contributed by atoms with van der Waals surface area (Å²) in [5.74, 6) is 2.06. The van der Waals surface area contributed by atoms with Crippen molar-refractivity contribution < 1.29 is 0 Å². The van der Waals surface area contributed by atoms with E-state index in [4.69, 9.17) is 0 Å². The minimum absolute atomic E-state index is 0.701. The van der Waals surface area contributed by atoms with Gasteiger partial charge in [0.2, 0.25) is 0 Å². The molecule has 0 saturated heterocycles. The topological polar surface area (TPSA) is 12.0 Å². The van der Waals surface area contributed by atoms with Crippen molar-refractivity contribution in [3.63, 3.8) is 0 Å². The molecule has 1 aliphatic rings. The Bertz CT molecular complexity index is 365. The van der Waals surface area contributed by atoms with Crippen LogP contribution in [0.2, 0.25) is 0 Å². The number of nitrogens with one attached hydrogen (secondary N) is 1. The van der Waals surface area contributed by atoms with Crippen molar-refractivity contribution in [2.24, 2.45) is 0 Å². The predicted molar refractivity (Wildman–Crippen MR) is 96.3 cm³/mol. The second kappa shape index (κ2) is 10.3. The van der Waals surface area contributed by atoms with Crippen LogP contribution in [-0.2, 0) is 0 Å². The first kappa shape index (κ1) is 16.9. The number of thioether (sulfide) groups is 1. The maximum Gasteiger partial charge on any atom is 0.0136 e. The lowest BCUT2D eigenvalue weighted by atomic mass is 9.80. The third-order valence-corrected chi connectivity index (χ3v) is 5.37. The zero-order valence-electron chi connectivity index (χ0n) is 13.5. The minimum atomic E-state index is 0.701. The Kier molecular flexibility index (Phi) is 8.28. The summed E-state index contributed by atoms with van der Waals surface area (Å²) in [5, 5.41) is 3.86. The van der Waals surface area contributed by atoms with Gasteiger partial charge in [-0.1, -0.05) is 56.0 Å². The monoisotopic (exact) mass is 305 g/mol. The third kappa shape index (κ3) is 6.04.